The first-order chi connectivity index (χ1) is 14.2. The number of rotatable bonds is 8. The standard InChI is InChI=1S/C23H38N4O2/c1-4-13-27-14-11-19(12-15-27)26-23(24-2)25-17-18-9-10-21(28-3)22(16-18)29-20-7-5-6-8-20/h9-10,16,19-20H,4-8,11-15,17H2,1-3H3,(H2,24,25,26). The molecule has 1 saturated carbocycles. The van der Waals surface area contributed by atoms with Gasteiger partial charge in [-0.3, -0.25) is 4.99 Å². The van der Waals surface area contributed by atoms with Crippen LogP contribution in [-0.2, 0) is 6.54 Å². The third-order valence-corrected chi connectivity index (χ3v) is 5.98. The minimum Gasteiger partial charge on any atom is -0.493 e. The topological polar surface area (TPSA) is 58.1 Å². The molecule has 0 radical (unpaired) electrons. The van der Waals surface area contributed by atoms with Gasteiger partial charge in [0, 0.05) is 32.7 Å². The molecule has 3 rings (SSSR count). The molecular weight excluding hydrogens is 364 g/mol. The van der Waals surface area contributed by atoms with Crippen LogP contribution in [0.15, 0.2) is 23.2 Å². The molecule has 1 aromatic carbocycles. The van der Waals surface area contributed by atoms with Gasteiger partial charge in [0.05, 0.1) is 13.2 Å². The number of ether oxygens (including phenoxy) is 2. The molecule has 2 N–H and O–H groups in total. The minimum atomic E-state index is 0.320. The van der Waals surface area contributed by atoms with Crippen LogP contribution in [0.1, 0.15) is 57.4 Å². The normalized spacial score (nSPS) is 19.3. The number of hydrogen-bond donors (Lipinski definition) is 2. The maximum absolute atomic E-state index is 6.22. The lowest BCUT2D eigenvalue weighted by molar-refractivity contribution is 0.200. The summed E-state index contributed by atoms with van der Waals surface area (Å²) in [5.74, 6) is 2.53. The second-order valence-corrected chi connectivity index (χ2v) is 8.20. The van der Waals surface area contributed by atoms with E-state index in [2.05, 4.69) is 39.6 Å². The molecule has 6 heteroatoms. The van der Waals surface area contributed by atoms with Crippen molar-refractivity contribution in [3.05, 3.63) is 23.8 Å². The van der Waals surface area contributed by atoms with E-state index in [0.29, 0.717) is 18.7 Å². The van der Waals surface area contributed by atoms with Crippen LogP contribution < -0.4 is 20.1 Å². The zero-order valence-electron chi connectivity index (χ0n) is 18.4. The predicted octanol–water partition coefficient (Wildman–Crippen LogP) is 3.56. The number of benzene rings is 1. The van der Waals surface area contributed by atoms with Crippen LogP contribution in [0.25, 0.3) is 0 Å². The number of aliphatic imine (C=N–C) groups is 1. The van der Waals surface area contributed by atoms with Crippen LogP contribution in [0, 0.1) is 0 Å². The molecule has 1 aromatic rings. The number of methoxy groups -OCH3 is 1. The third kappa shape index (κ3) is 6.53. The summed E-state index contributed by atoms with van der Waals surface area (Å²) in [7, 11) is 3.54. The maximum atomic E-state index is 6.22. The summed E-state index contributed by atoms with van der Waals surface area (Å²) in [5, 5.41) is 7.05. The second kappa shape index (κ2) is 11.3. The van der Waals surface area contributed by atoms with Gasteiger partial charge < -0.3 is 25.0 Å². The molecular formula is C23H38N4O2. The molecule has 0 unspecified atom stereocenters. The van der Waals surface area contributed by atoms with Crippen LogP contribution in [0.2, 0.25) is 0 Å². The summed E-state index contributed by atoms with van der Waals surface area (Å²) in [6.45, 7) is 6.51. The highest BCUT2D eigenvalue weighted by atomic mass is 16.5. The lowest BCUT2D eigenvalue weighted by Crippen LogP contribution is -2.48. The number of nitrogens with one attached hydrogen (secondary N) is 2. The molecule has 1 heterocycles. The van der Waals surface area contributed by atoms with Crippen molar-refractivity contribution >= 4 is 5.96 Å². The largest absolute Gasteiger partial charge is 0.493 e. The summed E-state index contributed by atoms with van der Waals surface area (Å²) >= 11 is 0. The van der Waals surface area contributed by atoms with Crippen molar-refractivity contribution in [2.45, 2.75) is 70.6 Å². The lowest BCUT2D eigenvalue weighted by atomic mass is 10.1. The van der Waals surface area contributed by atoms with Crippen molar-refractivity contribution < 1.29 is 9.47 Å². The van der Waals surface area contributed by atoms with E-state index in [1.54, 1.807) is 7.11 Å². The summed E-state index contributed by atoms with van der Waals surface area (Å²) in [6, 6.07) is 6.68. The van der Waals surface area contributed by atoms with Gasteiger partial charge in [0.2, 0.25) is 0 Å². The fraction of sp³-hybridized carbons (Fsp3) is 0.696. The molecule has 0 amide bonds. The van der Waals surface area contributed by atoms with Gasteiger partial charge in [0.25, 0.3) is 0 Å². The third-order valence-electron chi connectivity index (χ3n) is 5.98. The van der Waals surface area contributed by atoms with E-state index in [4.69, 9.17) is 9.47 Å². The molecule has 162 valence electrons. The fourth-order valence-corrected chi connectivity index (χ4v) is 4.30. The average molecular weight is 403 g/mol. The zero-order valence-corrected chi connectivity index (χ0v) is 18.4. The summed E-state index contributed by atoms with van der Waals surface area (Å²) in [6.07, 6.45) is 8.68. The molecule has 0 spiro atoms. The Morgan fingerprint density at radius 1 is 1.14 bits per heavy atom. The van der Waals surface area contributed by atoms with E-state index in [0.717, 1.165) is 30.3 Å². The van der Waals surface area contributed by atoms with Crippen molar-refractivity contribution in [1.82, 2.24) is 15.5 Å². The molecule has 2 aliphatic rings. The quantitative estimate of drug-likeness (QED) is 0.514. The van der Waals surface area contributed by atoms with E-state index in [1.165, 1.54) is 57.3 Å². The van der Waals surface area contributed by atoms with E-state index >= 15 is 0 Å². The Bertz CT molecular complexity index is 650. The molecule has 2 fully saturated rings. The second-order valence-electron chi connectivity index (χ2n) is 8.20. The van der Waals surface area contributed by atoms with Gasteiger partial charge in [-0.1, -0.05) is 13.0 Å². The molecule has 29 heavy (non-hydrogen) atoms. The highest BCUT2D eigenvalue weighted by molar-refractivity contribution is 5.80. The first-order valence-corrected chi connectivity index (χ1v) is 11.2. The number of guanidine groups is 1. The van der Waals surface area contributed by atoms with Crippen molar-refractivity contribution in [1.29, 1.82) is 0 Å². The Morgan fingerprint density at radius 3 is 2.55 bits per heavy atom. The Kier molecular flexibility index (Phi) is 8.47. The SMILES string of the molecule is CCCN1CCC(NC(=NC)NCc2ccc(OC)c(OC3CCCC3)c2)CC1. The predicted molar refractivity (Wildman–Crippen MR) is 119 cm³/mol. The van der Waals surface area contributed by atoms with E-state index in [-0.39, 0.29) is 0 Å². The number of nitrogens with zero attached hydrogens (tertiary/aromatic N) is 2. The molecule has 0 aromatic heterocycles. The van der Waals surface area contributed by atoms with Crippen LogP contribution in [0.5, 0.6) is 11.5 Å². The summed E-state index contributed by atoms with van der Waals surface area (Å²) in [5.41, 5.74) is 1.17. The molecule has 1 saturated heterocycles. The van der Waals surface area contributed by atoms with Crippen molar-refractivity contribution in [3.63, 3.8) is 0 Å². The monoisotopic (exact) mass is 402 g/mol. The van der Waals surface area contributed by atoms with Crippen LogP contribution in [0.3, 0.4) is 0 Å². The van der Waals surface area contributed by atoms with E-state index in [9.17, 15) is 0 Å². The highest BCUT2D eigenvalue weighted by Crippen LogP contribution is 2.32. The minimum absolute atomic E-state index is 0.320. The van der Waals surface area contributed by atoms with E-state index in [1.807, 2.05) is 13.1 Å². The van der Waals surface area contributed by atoms with Gasteiger partial charge in [-0.25, -0.2) is 0 Å². The summed E-state index contributed by atoms with van der Waals surface area (Å²) in [4.78, 5) is 6.97. The molecule has 1 aliphatic carbocycles. The molecule has 0 bridgehead atoms. The first-order valence-electron chi connectivity index (χ1n) is 11.2. The van der Waals surface area contributed by atoms with Crippen LogP contribution in [-0.4, -0.2) is 56.8 Å². The number of piperidine rings is 1. The highest BCUT2D eigenvalue weighted by Gasteiger charge is 2.20. The lowest BCUT2D eigenvalue weighted by Gasteiger charge is -2.32. The molecule has 6 nitrogen and oxygen atoms in total. The first kappa shape index (κ1) is 21.8. The number of hydrogen-bond acceptors (Lipinski definition) is 4. The van der Waals surface area contributed by atoms with Crippen molar-refractivity contribution in [3.8, 4) is 11.5 Å². The Balaban J connectivity index is 1.51. The molecule has 0 atom stereocenters. The average Bonchev–Trinajstić information content (AvgIpc) is 3.26. The van der Waals surface area contributed by atoms with E-state index < -0.39 is 0 Å². The van der Waals surface area contributed by atoms with Gasteiger partial charge in [-0.15, -0.1) is 0 Å². The van der Waals surface area contributed by atoms with Gasteiger partial charge >= 0.3 is 0 Å². The van der Waals surface area contributed by atoms with Gasteiger partial charge in [0.1, 0.15) is 0 Å². The van der Waals surface area contributed by atoms with Gasteiger partial charge in [-0.2, -0.15) is 0 Å². The Labute approximate surface area is 176 Å². The Hall–Kier alpha value is -1.95. The maximum Gasteiger partial charge on any atom is 0.191 e. The van der Waals surface area contributed by atoms with Crippen molar-refractivity contribution in [2.24, 2.45) is 4.99 Å². The molecule has 1 aliphatic heterocycles. The summed E-state index contributed by atoms with van der Waals surface area (Å²) < 4.78 is 11.7. The van der Waals surface area contributed by atoms with Crippen LogP contribution >= 0.6 is 0 Å². The number of likely N-dealkylation sites (tertiary alicyclic amines) is 1. The van der Waals surface area contributed by atoms with Gasteiger partial charge in [-0.05, 0) is 69.2 Å². The Morgan fingerprint density at radius 2 is 1.90 bits per heavy atom. The van der Waals surface area contributed by atoms with Gasteiger partial charge in [0.15, 0.2) is 17.5 Å². The fourth-order valence-electron chi connectivity index (χ4n) is 4.30. The van der Waals surface area contributed by atoms with Crippen molar-refractivity contribution in [2.75, 3.05) is 33.8 Å². The van der Waals surface area contributed by atoms with Crippen LogP contribution in [0.4, 0.5) is 0 Å². The zero-order chi connectivity index (χ0) is 20.5. The smallest absolute Gasteiger partial charge is 0.191 e.